The van der Waals surface area contributed by atoms with Gasteiger partial charge in [-0.3, -0.25) is 0 Å². The summed E-state index contributed by atoms with van der Waals surface area (Å²) in [5.41, 5.74) is 0.804. The molecule has 0 unspecified atom stereocenters. The summed E-state index contributed by atoms with van der Waals surface area (Å²) in [6, 6.07) is 9.08. The molecule has 1 saturated heterocycles. The van der Waals surface area contributed by atoms with Gasteiger partial charge in [0.05, 0.1) is 5.75 Å². The molecular weight excluding hydrogens is 338 g/mol. The quantitative estimate of drug-likeness (QED) is 0.888. The van der Waals surface area contributed by atoms with Gasteiger partial charge in [-0.05, 0) is 17.4 Å². The lowest BCUT2D eigenvalue weighted by atomic mass is 9.97. The summed E-state index contributed by atoms with van der Waals surface area (Å²) in [4.78, 5) is 14.0. The normalized spacial score (nSPS) is 17.2. The zero-order valence-corrected chi connectivity index (χ0v) is 16.2. The van der Waals surface area contributed by atoms with Gasteiger partial charge in [0, 0.05) is 32.7 Å². The second-order valence-electron chi connectivity index (χ2n) is 7.70. The van der Waals surface area contributed by atoms with Crippen molar-refractivity contribution in [3.05, 3.63) is 35.9 Å². The maximum Gasteiger partial charge on any atom is 0.317 e. The van der Waals surface area contributed by atoms with E-state index in [1.54, 1.807) is 4.90 Å². The lowest BCUT2D eigenvalue weighted by molar-refractivity contribution is 0.195. The summed E-state index contributed by atoms with van der Waals surface area (Å²) in [7, 11) is -3.37. The Morgan fingerprint density at radius 3 is 2.40 bits per heavy atom. The molecule has 1 aromatic rings. The molecule has 0 aromatic heterocycles. The lowest BCUT2D eigenvalue weighted by Crippen LogP contribution is -2.44. The molecule has 2 amide bonds. The molecule has 1 fully saturated rings. The van der Waals surface area contributed by atoms with E-state index in [9.17, 15) is 13.2 Å². The predicted molar refractivity (Wildman–Crippen MR) is 99.7 cm³/mol. The van der Waals surface area contributed by atoms with E-state index in [0.29, 0.717) is 39.1 Å². The number of sulfonamides is 1. The minimum absolute atomic E-state index is 0.00403. The Labute approximate surface area is 151 Å². The Hall–Kier alpha value is -1.60. The van der Waals surface area contributed by atoms with Gasteiger partial charge in [-0.2, -0.15) is 4.31 Å². The average Bonchev–Trinajstić information content (AvgIpc) is 2.79. The molecule has 0 radical (unpaired) electrons. The third-order valence-electron chi connectivity index (χ3n) is 4.10. The number of hydrogen-bond acceptors (Lipinski definition) is 3. The van der Waals surface area contributed by atoms with Crippen LogP contribution in [0.5, 0.6) is 0 Å². The van der Waals surface area contributed by atoms with Crippen LogP contribution in [0.25, 0.3) is 0 Å². The van der Waals surface area contributed by atoms with Crippen molar-refractivity contribution in [1.29, 1.82) is 0 Å². The zero-order valence-electron chi connectivity index (χ0n) is 15.4. The molecule has 0 bridgehead atoms. The van der Waals surface area contributed by atoms with Gasteiger partial charge in [0.25, 0.3) is 0 Å². The highest BCUT2D eigenvalue weighted by Crippen LogP contribution is 2.15. The summed E-state index contributed by atoms with van der Waals surface area (Å²) >= 11 is 0. The number of carbonyl (C=O) groups is 1. The molecule has 0 aliphatic carbocycles. The van der Waals surface area contributed by atoms with Gasteiger partial charge in [-0.1, -0.05) is 51.1 Å². The summed E-state index contributed by atoms with van der Waals surface area (Å²) in [5.74, 6) is 0.00403. The summed E-state index contributed by atoms with van der Waals surface area (Å²) in [5, 5.41) is 2.93. The first kappa shape index (κ1) is 19.7. The van der Waals surface area contributed by atoms with Crippen molar-refractivity contribution in [3.8, 4) is 0 Å². The third kappa shape index (κ3) is 6.32. The van der Waals surface area contributed by atoms with Crippen LogP contribution >= 0.6 is 0 Å². The number of nitrogens with zero attached hydrogens (tertiary/aromatic N) is 2. The van der Waals surface area contributed by atoms with Gasteiger partial charge < -0.3 is 10.2 Å². The van der Waals surface area contributed by atoms with Crippen molar-refractivity contribution < 1.29 is 13.2 Å². The standard InChI is InChI=1S/C18H29N3O3S/c1-18(2,3)15-19-17(22)20-10-7-11-21(13-12-20)25(23,24)14-16-8-5-4-6-9-16/h4-6,8-9H,7,10-15H2,1-3H3,(H,19,22). The molecule has 0 spiro atoms. The second kappa shape index (κ2) is 8.19. The summed E-state index contributed by atoms with van der Waals surface area (Å²) in [6.45, 7) is 8.58. The smallest absolute Gasteiger partial charge is 0.317 e. The van der Waals surface area contributed by atoms with Crippen LogP contribution in [0.15, 0.2) is 30.3 Å². The number of hydrogen-bond donors (Lipinski definition) is 1. The van der Waals surface area contributed by atoms with E-state index in [1.807, 2.05) is 30.3 Å². The molecule has 0 saturated carbocycles. The van der Waals surface area contributed by atoms with Crippen LogP contribution < -0.4 is 5.32 Å². The van der Waals surface area contributed by atoms with E-state index in [1.165, 1.54) is 4.31 Å². The molecule has 140 valence electrons. The van der Waals surface area contributed by atoms with Crippen molar-refractivity contribution >= 4 is 16.1 Å². The molecule has 6 nitrogen and oxygen atoms in total. The highest BCUT2D eigenvalue weighted by atomic mass is 32.2. The zero-order chi connectivity index (χ0) is 18.5. The van der Waals surface area contributed by atoms with Gasteiger partial charge in [-0.25, -0.2) is 13.2 Å². The fraction of sp³-hybridized carbons (Fsp3) is 0.611. The Kier molecular flexibility index (Phi) is 6.46. The number of rotatable bonds is 4. The van der Waals surface area contributed by atoms with Crippen LogP contribution in [0.1, 0.15) is 32.8 Å². The fourth-order valence-corrected chi connectivity index (χ4v) is 4.27. The monoisotopic (exact) mass is 367 g/mol. The van der Waals surface area contributed by atoms with Gasteiger partial charge in [-0.15, -0.1) is 0 Å². The van der Waals surface area contributed by atoms with Crippen LogP contribution in [-0.2, 0) is 15.8 Å². The van der Waals surface area contributed by atoms with Crippen molar-refractivity contribution in [1.82, 2.24) is 14.5 Å². The van der Waals surface area contributed by atoms with Gasteiger partial charge in [0.1, 0.15) is 0 Å². The van der Waals surface area contributed by atoms with Crippen molar-refractivity contribution in [2.45, 2.75) is 32.9 Å². The number of benzene rings is 1. The molecule has 1 heterocycles. The molecule has 25 heavy (non-hydrogen) atoms. The predicted octanol–water partition coefficient (Wildman–Crippen LogP) is 2.28. The minimum Gasteiger partial charge on any atom is -0.337 e. The topological polar surface area (TPSA) is 69.7 Å². The van der Waals surface area contributed by atoms with Crippen molar-refractivity contribution in [2.24, 2.45) is 5.41 Å². The van der Waals surface area contributed by atoms with E-state index in [2.05, 4.69) is 26.1 Å². The van der Waals surface area contributed by atoms with Crippen LogP contribution in [0.4, 0.5) is 4.79 Å². The Morgan fingerprint density at radius 2 is 1.76 bits per heavy atom. The first-order chi connectivity index (χ1) is 11.7. The Bertz CT molecular complexity index is 669. The van der Waals surface area contributed by atoms with Crippen LogP contribution in [0.2, 0.25) is 0 Å². The largest absolute Gasteiger partial charge is 0.337 e. The van der Waals surface area contributed by atoms with Crippen molar-refractivity contribution in [3.63, 3.8) is 0 Å². The molecule has 1 aliphatic heterocycles. The molecule has 1 aromatic carbocycles. The number of amides is 2. The van der Waals surface area contributed by atoms with Gasteiger partial charge in [0.2, 0.25) is 10.0 Å². The highest BCUT2D eigenvalue weighted by Gasteiger charge is 2.27. The number of nitrogens with one attached hydrogen (secondary N) is 1. The lowest BCUT2D eigenvalue weighted by Gasteiger charge is -2.25. The maximum absolute atomic E-state index is 12.6. The molecular formula is C18H29N3O3S. The minimum atomic E-state index is -3.37. The second-order valence-corrected chi connectivity index (χ2v) is 9.67. The van der Waals surface area contributed by atoms with Gasteiger partial charge in [0.15, 0.2) is 0 Å². The fourth-order valence-electron chi connectivity index (χ4n) is 2.70. The van der Waals surface area contributed by atoms with Gasteiger partial charge >= 0.3 is 6.03 Å². The molecule has 7 heteroatoms. The Balaban J connectivity index is 1.93. The van der Waals surface area contributed by atoms with Crippen molar-refractivity contribution in [2.75, 3.05) is 32.7 Å². The first-order valence-electron chi connectivity index (χ1n) is 8.72. The van der Waals surface area contributed by atoms with Crippen LogP contribution in [0, 0.1) is 5.41 Å². The molecule has 1 N–H and O–H groups in total. The Morgan fingerprint density at radius 1 is 1.08 bits per heavy atom. The van der Waals surface area contributed by atoms with Crippen LogP contribution in [0.3, 0.4) is 0 Å². The first-order valence-corrected chi connectivity index (χ1v) is 10.3. The maximum atomic E-state index is 12.6. The highest BCUT2D eigenvalue weighted by molar-refractivity contribution is 7.88. The SMILES string of the molecule is CC(C)(C)CNC(=O)N1CCCN(S(=O)(=O)Cc2ccccc2)CC1. The van der Waals surface area contributed by atoms with E-state index in [0.717, 1.165) is 5.56 Å². The molecule has 1 aliphatic rings. The summed E-state index contributed by atoms with van der Waals surface area (Å²) in [6.07, 6.45) is 0.650. The number of urea groups is 1. The van der Waals surface area contributed by atoms with E-state index in [4.69, 9.17) is 0 Å². The average molecular weight is 368 g/mol. The van der Waals surface area contributed by atoms with Crippen LogP contribution in [-0.4, -0.2) is 56.4 Å². The molecule has 2 rings (SSSR count). The summed E-state index contributed by atoms with van der Waals surface area (Å²) < 4.78 is 26.8. The third-order valence-corrected chi connectivity index (χ3v) is 5.95. The van der Waals surface area contributed by atoms with E-state index >= 15 is 0 Å². The van der Waals surface area contributed by atoms with E-state index < -0.39 is 10.0 Å². The van der Waals surface area contributed by atoms with E-state index in [-0.39, 0.29) is 17.2 Å². The molecule has 0 atom stereocenters. The number of carbonyl (C=O) groups excluding carboxylic acids is 1.